The number of amides is 3. The fourth-order valence-electron chi connectivity index (χ4n) is 5.82. The van der Waals surface area contributed by atoms with E-state index in [2.05, 4.69) is 0 Å². The highest BCUT2D eigenvalue weighted by molar-refractivity contribution is 6.30. The van der Waals surface area contributed by atoms with Crippen LogP contribution in [0.3, 0.4) is 0 Å². The number of imide groups is 1. The van der Waals surface area contributed by atoms with E-state index in [1.807, 2.05) is 37.3 Å². The molecular weight excluding hydrogens is 631 g/mol. The molecule has 9 nitrogen and oxygen atoms in total. The number of piperidine rings is 1. The fourth-order valence-corrected chi connectivity index (χ4v) is 6.14. The van der Waals surface area contributed by atoms with Gasteiger partial charge in [0.15, 0.2) is 0 Å². The summed E-state index contributed by atoms with van der Waals surface area (Å²) in [5.74, 6) is -1.17. The summed E-state index contributed by atoms with van der Waals surface area (Å²) in [5, 5.41) is 1.05. The summed E-state index contributed by atoms with van der Waals surface area (Å²) < 4.78 is 16.3. The Kier molecular flexibility index (Phi) is 11.8. The number of nitrogens with zero attached hydrogens (tertiary/aromatic N) is 2. The van der Waals surface area contributed by atoms with E-state index in [9.17, 15) is 19.2 Å². The van der Waals surface area contributed by atoms with Crippen LogP contribution in [0.15, 0.2) is 48.5 Å². The van der Waals surface area contributed by atoms with Crippen molar-refractivity contribution in [2.75, 3.05) is 13.7 Å². The number of carbonyl (C=O) groups is 4. The molecule has 1 aliphatic heterocycles. The Balaban J connectivity index is 2.25. The lowest BCUT2D eigenvalue weighted by molar-refractivity contribution is -0.162. The van der Waals surface area contributed by atoms with Gasteiger partial charge >= 0.3 is 18.2 Å². The zero-order chi connectivity index (χ0) is 34.6. The molecule has 1 saturated heterocycles. The molecule has 11 heteroatoms. The maximum atomic E-state index is 14.8. The van der Waals surface area contributed by atoms with Gasteiger partial charge in [0.1, 0.15) is 11.2 Å². The number of esters is 1. The van der Waals surface area contributed by atoms with Crippen LogP contribution in [0.2, 0.25) is 10.0 Å². The predicted octanol–water partition coefficient (Wildman–Crippen LogP) is 8.57. The normalized spacial score (nSPS) is 20.9. The van der Waals surface area contributed by atoms with Gasteiger partial charge in [0, 0.05) is 16.0 Å². The van der Waals surface area contributed by atoms with E-state index in [0.717, 1.165) is 16.0 Å². The molecule has 2 aromatic carbocycles. The molecule has 0 aromatic heterocycles. The Bertz CT molecular complexity index is 1390. The maximum Gasteiger partial charge on any atom is 0.419 e. The zero-order valence-electron chi connectivity index (χ0n) is 28.2. The highest BCUT2D eigenvalue weighted by Crippen LogP contribution is 2.52. The first-order chi connectivity index (χ1) is 21.3. The lowest BCUT2D eigenvalue weighted by Gasteiger charge is -2.52. The van der Waals surface area contributed by atoms with Crippen molar-refractivity contribution in [2.45, 2.75) is 104 Å². The van der Waals surface area contributed by atoms with E-state index < -0.39 is 46.9 Å². The average Bonchev–Trinajstić information content (AvgIpc) is 2.93. The molecule has 3 rings (SSSR count). The van der Waals surface area contributed by atoms with E-state index in [-0.39, 0.29) is 24.8 Å². The van der Waals surface area contributed by atoms with Gasteiger partial charge in [-0.1, -0.05) is 61.3 Å². The summed E-state index contributed by atoms with van der Waals surface area (Å²) in [6.45, 7) is 13.6. The molecule has 0 unspecified atom stereocenters. The molecule has 1 fully saturated rings. The Morgan fingerprint density at radius 1 is 0.935 bits per heavy atom. The molecule has 252 valence electrons. The molecular formula is C35H46Cl2N2O7. The summed E-state index contributed by atoms with van der Waals surface area (Å²) in [6.07, 6.45) is -1.29. The molecule has 1 heterocycles. The van der Waals surface area contributed by atoms with Crippen LogP contribution in [0.1, 0.15) is 97.7 Å². The molecule has 0 spiro atoms. The van der Waals surface area contributed by atoms with Crippen LogP contribution in [0, 0.1) is 5.41 Å². The van der Waals surface area contributed by atoms with Crippen molar-refractivity contribution in [1.29, 1.82) is 0 Å². The van der Waals surface area contributed by atoms with Gasteiger partial charge in [0.05, 0.1) is 37.6 Å². The van der Waals surface area contributed by atoms with Crippen molar-refractivity contribution >= 4 is 47.3 Å². The predicted molar refractivity (Wildman–Crippen MR) is 178 cm³/mol. The monoisotopic (exact) mass is 676 g/mol. The SMILES string of the molecule is CC[C@@H](CN(C(=O)OC(C)(C)C)C(=O)OC(C)(C)C)N1C(=O)[C@](C)(CC(=O)OC)C[C@H](c2cccc(Cl)c2)[C@H]1c1ccc(Cl)cc1. The van der Waals surface area contributed by atoms with Crippen LogP contribution in [0.25, 0.3) is 0 Å². The molecule has 4 atom stereocenters. The Morgan fingerprint density at radius 2 is 1.50 bits per heavy atom. The fraction of sp³-hybridized carbons (Fsp3) is 0.543. The van der Waals surface area contributed by atoms with Gasteiger partial charge in [-0.15, -0.1) is 0 Å². The molecule has 0 N–H and O–H groups in total. The van der Waals surface area contributed by atoms with E-state index in [0.29, 0.717) is 22.9 Å². The van der Waals surface area contributed by atoms with Crippen LogP contribution in [-0.4, -0.2) is 64.8 Å². The van der Waals surface area contributed by atoms with Crippen LogP contribution in [-0.2, 0) is 23.8 Å². The van der Waals surface area contributed by atoms with Gasteiger partial charge < -0.3 is 19.1 Å². The molecule has 3 amide bonds. The summed E-state index contributed by atoms with van der Waals surface area (Å²) in [6, 6.07) is 13.4. The second-order valence-electron chi connectivity index (χ2n) is 14.0. The minimum absolute atomic E-state index is 0.165. The summed E-state index contributed by atoms with van der Waals surface area (Å²) in [7, 11) is 1.29. The molecule has 2 aromatic rings. The first kappa shape index (κ1) is 37.2. The number of likely N-dealkylation sites (tertiary alicyclic amines) is 1. The minimum atomic E-state index is -1.18. The van der Waals surface area contributed by atoms with Crippen LogP contribution < -0.4 is 0 Å². The number of methoxy groups -OCH3 is 1. The quantitative estimate of drug-likeness (QED) is 0.204. The molecule has 1 aliphatic rings. The topological polar surface area (TPSA) is 102 Å². The van der Waals surface area contributed by atoms with E-state index in [1.54, 1.807) is 71.6 Å². The number of hydrogen-bond acceptors (Lipinski definition) is 7. The minimum Gasteiger partial charge on any atom is -0.469 e. The van der Waals surface area contributed by atoms with E-state index in [4.69, 9.17) is 37.4 Å². The number of halogens is 2. The number of benzene rings is 2. The van der Waals surface area contributed by atoms with Crippen molar-refractivity contribution < 1.29 is 33.4 Å². The maximum absolute atomic E-state index is 14.8. The van der Waals surface area contributed by atoms with Gasteiger partial charge in [0.2, 0.25) is 5.91 Å². The van der Waals surface area contributed by atoms with Gasteiger partial charge in [-0.2, -0.15) is 0 Å². The number of carbonyl (C=O) groups excluding carboxylic acids is 4. The summed E-state index contributed by atoms with van der Waals surface area (Å²) in [5.41, 5.74) is -1.32. The largest absolute Gasteiger partial charge is 0.469 e. The van der Waals surface area contributed by atoms with E-state index in [1.165, 1.54) is 7.11 Å². The van der Waals surface area contributed by atoms with Crippen molar-refractivity contribution in [2.24, 2.45) is 5.41 Å². The average molecular weight is 678 g/mol. The smallest absolute Gasteiger partial charge is 0.419 e. The molecule has 0 saturated carbocycles. The lowest BCUT2D eigenvalue weighted by atomic mass is 9.67. The van der Waals surface area contributed by atoms with Gasteiger partial charge in [-0.3, -0.25) is 9.59 Å². The lowest BCUT2D eigenvalue weighted by Crippen LogP contribution is -2.59. The first-order valence-electron chi connectivity index (χ1n) is 15.4. The Labute approximate surface area is 282 Å². The zero-order valence-corrected chi connectivity index (χ0v) is 29.7. The second kappa shape index (κ2) is 14.6. The van der Waals surface area contributed by atoms with Crippen LogP contribution in [0.5, 0.6) is 0 Å². The highest BCUT2D eigenvalue weighted by atomic mass is 35.5. The first-order valence-corrected chi connectivity index (χ1v) is 16.2. The third-order valence-electron chi connectivity index (χ3n) is 7.84. The summed E-state index contributed by atoms with van der Waals surface area (Å²) >= 11 is 12.8. The van der Waals surface area contributed by atoms with Gasteiger partial charge in [0.25, 0.3) is 0 Å². The molecule has 46 heavy (non-hydrogen) atoms. The van der Waals surface area contributed by atoms with Crippen molar-refractivity contribution in [3.05, 3.63) is 69.7 Å². The number of ether oxygens (including phenoxy) is 3. The Hall–Kier alpha value is -3.30. The second-order valence-corrected chi connectivity index (χ2v) is 14.9. The van der Waals surface area contributed by atoms with E-state index >= 15 is 0 Å². The summed E-state index contributed by atoms with van der Waals surface area (Å²) in [4.78, 5) is 57.2. The van der Waals surface area contributed by atoms with Crippen LogP contribution in [0.4, 0.5) is 9.59 Å². The van der Waals surface area contributed by atoms with Gasteiger partial charge in [-0.05, 0) is 89.8 Å². The third-order valence-corrected chi connectivity index (χ3v) is 8.33. The standard InChI is InChI=1S/C35H46Cl2N2O7/c1-10-26(21-38(31(42)45-33(2,3)4)32(43)46-34(5,6)7)39-29(22-14-16-24(36)17-15-22)27(23-12-11-13-25(37)18-23)19-35(8,30(39)41)20-28(40)44-9/h11-18,26-27,29H,10,19-21H2,1-9H3/t26-,27+,29+,35-/m0/s1. The highest BCUT2D eigenvalue weighted by Gasteiger charge is 2.53. The Morgan fingerprint density at radius 3 is 1.98 bits per heavy atom. The molecule has 0 aliphatic carbocycles. The molecule has 0 bridgehead atoms. The van der Waals surface area contributed by atoms with Gasteiger partial charge in [-0.25, -0.2) is 14.5 Å². The third kappa shape index (κ3) is 9.38. The number of rotatable bonds is 8. The van der Waals surface area contributed by atoms with Crippen molar-refractivity contribution in [1.82, 2.24) is 9.80 Å². The van der Waals surface area contributed by atoms with Crippen molar-refractivity contribution in [3.63, 3.8) is 0 Å². The van der Waals surface area contributed by atoms with Crippen LogP contribution >= 0.6 is 23.2 Å². The number of hydrogen-bond donors (Lipinski definition) is 0. The molecule has 0 radical (unpaired) electrons. The van der Waals surface area contributed by atoms with Crippen molar-refractivity contribution in [3.8, 4) is 0 Å².